The maximum Gasteiger partial charge on any atom is 0.221 e. The molecule has 1 unspecified atom stereocenters. The van der Waals surface area contributed by atoms with Crippen LogP contribution in [0.4, 0.5) is 11.4 Å². The molecule has 0 saturated carbocycles. The van der Waals surface area contributed by atoms with E-state index in [-0.39, 0.29) is 11.9 Å². The first-order chi connectivity index (χ1) is 9.56. The summed E-state index contributed by atoms with van der Waals surface area (Å²) in [7, 11) is 0. The molecule has 0 aliphatic carbocycles. The number of anilines is 2. The van der Waals surface area contributed by atoms with Gasteiger partial charge in [0.25, 0.3) is 0 Å². The number of nitrogens with zero attached hydrogens (tertiary/aromatic N) is 2. The van der Waals surface area contributed by atoms with Crippen molar-refractivity contribution in [1.29, 1.82) is 0 Å². The van der Waals surface area contributed by atoms with E-state index in [1.807, 2.05) is 32.0 Å². The lowest BCUT2D eigenvalue weighted by Crippen LogP contribution is -2.11. The Labute approximate surface area is 118 Å². The highest BCUT2D eigenvalue weighted by Crippen LogP contribution is 2.24. The molecule has 1 heterocycles. The van der Waals surface area contributed by atoms with Crippen LogP contribution in [0.2, 0.25) is 0 Å². The average molecular weight is 270 g/mol. The first-order valence-electron chi connectivity index (χ1n) is 6.47. The van der Waals surface area contributed by atoms with Gasteiger partial charge in [-0.2, -0.15) is 0 Å². The molecule has 0 aliphatic rings. The Balaban J connectivity index is 2.18. The number of rotatable bonds is 4. The second kappa shape index (κ2) is 6.14. The summed E-state index contributed by atoms with van der Waals surface area (Å²) < 4.78 is 0. The molecule has 1 aromatic heterocycles. The molecular weight excluding hydrogens is 252 g/mol. The van der Waals surface area contributed by atoms with Gasteiger partial charge in [0.1, 0.15) is 0 Å². The molecular formula is C15H18N4O. The summed E-state index contributed by atoms with van der Waals surface area (Å²) in [5.41, 5.74) is 3.72. The second-order valence-corrected chi connectivity index (χ2v) is 4.71. The van der Waals surface area contributed by atoms with Crippen LogP contribution >= 0.6 is 0 Å². The lowest BCUT2D eigenvalue weighted by atomic mass is 10.1. The third kappa shape index (κ3) is 3.54. The number of carbonyl (C=O) groups is 1. The number of hydrogen-bond acceptors (Lipinski definition) is 4. The smallest absolute Gasteiger partial charge is 0.221 e. The quantitative estimate of drug-likeness (QED) is 0.896. The Hall–Kier alpha value is -2.43. The van der Waals surface area contributed by atoms with E-state index in [4.69, 9.17) is 0 Å². The zero-order valence-corrected chi connectivity index (χ0v) is 11.8. The van der Waals surface area contributed by atoms with Crippen LogP contribution < -0.4 is 10.6 Å². The predicted molar refractivity (Wildman–Crippen MR) is 79.6 cm³/mol. The molecule has 1 amide bonds. The largest absolute Gasteiger partial charge is 0.377 e. The van der Waals surface area contributed by atoms with Crippen molar-refractivity contribution >= 4 is 17.3 Å². The molecule has 0 aliphatic heterocycles. The predicted octanol–water partition coefficient (Wildman–Crippen LogP) is 2.92. The number of aromatic nitrogens is 2. The van der Waals surface area contributed by atoms with Crippen molar-refractivity contribution in [3.8, 4) is 0 Å². The van der Waals surface area contributed by atoms with Crippen molar-refractivity contribution < 1.29 is 4.79 Å². The Bertz CT molecular complexity index is 598. The minimum absolute atomic E-state index is 0.0370. The summed E-state index contributed by atoms with van der Waals surface area (Å²) >= 11 is 0. The van der Waals surface area contributed by atoms with Gasteiger partial charge in [-0.05, 0) is 31.5 Å². The Morgan fingerprint density at radius 3 is 2.75 bits per heavy atom. The maximum atomic E-state index is 11.1. The Morgan fingerprint density at radius 1 is 1.30 bits per heavy atom. The van der Waals surface area contributed by atoms with Gasteiger partial charge in [-0.25, -0.2) is 0 Å². The molecule has 2 N–H and O–H groups in total. The van der Waals surface area contributed by atoms with Crippen molar-refractivity contribution in [2.75, 3.05) is 10.6 Å². The van der Waals surface area contributed by atoms with Gasteiger partial charge in [0.2, 0.25) is 5.91 Å². The van der Waals surface area contributed by atoms with E-state index in [1.165, 1.54) is 6.92 Å². The van der Waals surface area contributed by atoms with E-state index >= 15 is 0 Å². The fourth-order valence-corrected chi connectivity index (χ4v) is 1.90. The van der Waals surface area contributed by atoms with Crippen LogP contribution in [0.3, 0.4) is 0 Å². The SMILES string of the molecule is CC(=O)Nc1ccc(C)c(NC(C)c2cnccn2)c1. The van der Waals surface area contributed by atoms with Gasteiger partial charge >= 0.3 is 0 Å². The molecule has 0 radical (unpaired) electrons. The first-order valence-corrected chi connectivity index (χ1v) is 6.47. The highest BCUT2D eigenvalue weighted by molar-refractivity contribution is 5.89. The summed E-state index contributed by atoms with van der Waals surface area (Å²) in [4.78, 5) is 19.5. The minimum Gasteiger partial charge on any atom is -0.377 e. The third-order valence-electron chi connectivity index (χ3n) is 2.96. The molecule has 0 spiro atoms. The molecule has 5 nitrogen and oxygen atoms in total. The van der Waals surface area contributed by atoms with E-state index < -0.39 is 0 Å². The van der Waals surface area contributed by atoms with Gasteiger partial charge in [0, 0.05) is 30.7 Å². The number of aryl methyl sites for hydroxylation is 1. The molecule has 0 fully saturated rings. The number of hydrogen-bond donors (Lipinski definition) is 2. The van der Waals surface area contributed by atoms with Gasteiger partial charge < -0.3 is 10.6 Å². The highest BCUT2D eigenvalue weighted by Gasteiger charge is 2.09. The number of carbonyl (C=O) groups excluding carboxylic acids is 1. The standard InChI is InChI=1S/C15H18N4O/c1-10-4-5-13(19-12(3)20)8-14(10)18-11(2)15-9-16-6-7-17-15/h4-9,11,18H,1-3H3,(H,19,20). The molecule has 104 valence electrons. The van der Waals surface area contributed by atoms with Crippen molar-refractivity contribution in [2.24, 2.45) is 0 Å². The molecule has 20 heavy (non-hydrogen) atoms. The van der Waals surface area contributed by atoms with Crippen LogP contribution in [0.15, 0.2) is 36.8 Å². The average Bonchev–Trinajstić information content (AvgIpc) is 2.43. The van der Waals surface area contributed by atoms with E-state index in [2.05, 4.69) is 20.6 Å². The normalized spacial score (nSPS) is 11.8. The Kier molecular flexibility index (Phi) is 4.30. The highest BCUT2D eigenvalue weighted by atomic mass is 16.1. The number of amides is 1. The minimum atomic E-state index is -0.0817. The van der Waals surface area contributed by atoms with Crippen molar-refractivity contribution in [3.63, 3.8) is 0 Å². The van der Waals surface area contributed by atoms with Gasteiger partial charge in [-0.1, -0.05) is 6.07 Å². The van der Waals surface area contributed by atoms with Crippen molar-refractivity contribution in [3.05, 3.63) is 48.0 Å². The van der Waals surface area contributed by atoms with Crippen LogP contribution in [-0.4, -0.2) is 15.9 Å². The summed E-state index contributed by atoms with van der Waals surface area (Å²) in [6.07, 6.45) is 5.07. The van der Waals surface area contributed by atoms with Crippen LogP contribution in [-0.2, 0) is 4.79 Å². The van der Waals surface area contributed by atoms with Crippen molar-refractivity contribution in [1.82, 2.24) is 9.97 Å². The first kappa shape index (κ1) is 14.0. The van der Waals surface area contributed by atoms with Crippen LogP contribution in [0.5, 0.6) is 0 Å². The van der Waals surface area contributed by atoms with E-state index in [0.717, 1.165) is 22.6 Å². The topological polar surface area (TPSA) is 66.9 Å². The molecule has 5 heteroatoms. The molecule has 0 saturated heterocycles. The van der Waals surface area contributed by atoms with Gasteiger partial charge in [-0.15, -0.1) is 0 Å². The van der Waals surface area contributed by atoms with Gasteiger partial charge in [0.15, 0.2) is 0 Å². The molecule has 2 aromatic rings. The lowest BCUT2D eigenvalue weighted by Gasteiger charge is -2.17. The summed E-state index contributed by atoms with van der Waals surface area (Å²) in [5.74, 6) is -0.0817. The maximum absolute atomic E-state index is 11.1. The monoisotopic (exact) mass is 270 g/mol. The molecule has 0 bridgehead atoms. The summed E-state index contributed by atoms with van der Waals surface area (Å²) in [5, 5.41) is 6.16. The molecule has 1 aromatic carbocycles. The van der Waals surface area contributed by atoms with Gasteiger partial charge in [-0.3, -0.25) is 14.8 Å². The van der Waals surface area contributed by atoms with Gasteiger partial charge in [0.05, 0.1) is 17.9 Å². The zero-order valence-electron chi connectivity index (χ0n) is 11.8. The number of benzene rings is 1. The van der Waals surface area contributed by atoms with E-state index in [0.29, 0.717) is 0 Å². The number of nitrogens with one attached hydrogen (secondary N) is 2. The fraction of sp³-hybridized carbons (Fsp3) is 0.267. The summed E-state index contributed by atoms with van der Waals surface area (Å²) in [6, 6.07) is 5.81. The Morgan fingerprint density at radius 2 is 2.10 bits per heavy atom. The lowest BCUT2D eigenvalue weighted by molar-refractivity contribution is -0.114. The van der Waals surface area contributed by atoms with E-state index in [1.54, 1.807) is 18.6 Å². The molecule has 1 atom stereocenters. The van der Waals surface area contributed by atoms with E-state index in [9.17, 15) is 4.79 Å². The van der Waals surface area contributed by atoms with Crippen molar-refractivity contribution in [2.45, 2.75) is 26.8 Å². The van der Waals surface area contributed by atoms with Crippen LogP contribution in [0.25, 0.3) is 0 Å². The van der Waals surface area contributed by atoms with Crippen LogP contribution in [0, 0.1) is 6.92 Å². The zero-order chi connectivity index (χ0) is 14.5. The third-order valence-corrected chi connectivity index (χ3v) is 2.96. The molecule has 2 rings (SSSR count). The second-order valence-electron chi connectivity index (χ2n) is 4.71. The fourth-order valence-electron chi connectivity index (χ4n) is 1.90. The summed E-state index contributed by atoms with van der Waals surface area (Å²) in [6.45, 7) is 5.53. The van der Waals surface area contributed by atoms with Crippen LogP contribution in [0.1, 0.15) is 31.1 Å².